The summed E-state index contributed by atoms with van der Waals surface area (Å²) in [6.45, 7) is 7.61. The second-order valence-corrected chi connectivity index (χ2v) is 8.14. The molecule has 0 aromatic carbocycles. The highest BCUT2D eigenvalue weighted by molar-refractivity contribution is 5.75. The Morgan fingerprint density at radius 1 is 0.857 bits per heavy atom. The van der Waals surface area contributed by atoms with E-state index in [1.165, 1.54) is 77.0 Å². The molecule has 1 N–H and O–H groups in total. The number of rotatable bonds is 18. The minimum atomic E-state index is 0.214. The molecule has 1 aliphatic heterocycles. The number of carbonyl (C=O) groups is 1. The minimum absolute atomic E-state index is 0.214. The molecule has 1 amide bonds. The molecule has 1 saturated heterocycles. The normalized spacial score (nSPS) is 15.3. The smallest absolute Gasteiger partial charge is 0.220 e. The molecule has 0 aromatic rings. The third-order valence-corrected chi connectivity index (χ3v) is 5.52. The van der Waals surface area contributed by atoms with E-state index in [1.807, 2.05) is 0 Å². The van der Waals surface area contributed by atoms with Crippen molar-refractivity contribution in [1.29, 1.82) is 0 Å². The van der Waals surface area contributed by atoms with Crippen LogP contribution in [0.4, 0.5) is 0 Å². The molecule has 164 valence electrons. The zero-order valence-corrected chi connectivity index (χ0v) is 18.6. The maximum Gasteiger partial charge on any atom is 0.220 e. The number of amides is 1. The van der Waals surface area contributed by atoms with Gasteiger partial charge >= 0.3 is 0 Å². The SMILES string of the molecule is CCCCCCCC/C=C\CCCCCCCC(=O)NCCN1CCOCC1. The molecule has 1 aliphatic rings. The van der Waals surface area contributed by atoms with E-state index >= 15 is 0 Å². The van der Waals surface area contributed by atoms with Crippen LogP contribution in [0.25, 0.3) is 0 Å². The number of hydrogen-bond donors (Lipinski definition) is 1. The zero-order chi connectivity index (χ0) is 20.1. The van der Waals surface area contributed by atoms with Gasteiger partial charge in [-0.15, -0.1) is 0 Å². The summed E-state index contributed by atoms with van der Waals surface area (Å²) in [4.78, 5) is 14.2. The lowest BCUT2D eigenvalue weighted by Crippen LogP contribution is -2.41. The lowest BCUT2D eigenvalue weighted by atomic mass is 10.1. The quantitative estimate of drug-likeness (QED) is 0.247. The Balaban J connectivity index is 1.77. The van der Waals surface area contributed by atoms with Crippen LogP contribution >= 0.6 is 0 Å². The number of carbonyl (C=O) groups excluding carboxylic acids is 1. The Morgan fingerprint density at radius 3 is 2.07 bits per heavy atom. The van der Waals surface area contributed by atoms with E-state index in [2.05, 4.69) is 29.3 Å². The largest absolute Gasteiger partial charge is 0.379 e. The molecule has 0 aromatic heterocycles. The fraction of sp³-hybridized carbons (Fsp3) is 0.875. The summed E-state index contributed by atoms with van der Waals surface area (Å²) in [5.74, 6) is 0.214. The van der Waals surface area contributed by atoms with Crippen molar-refractivity contribution in [3.05, 3.63) is 12.2 Å². The average Bonchev–Trinajstić information content (AvgIpc) is 2.71. The number of unbranched alkanes of at least 4 members (excludes halogenated alkanes) is 11. The van der Waals surface area contributed by atoms with Crippen LogP contribution in [0, 0.1) is 0 Å². The molecule has 1 fully saturated rings. The van der Waals surface area contributed by atoms with Gasteiger partial charge in [0.2, 0.25) is 5.91 Å². The van der Waals surface area contributed by atoms with E-state index in [-0.39, 0.29) is 5.91 Å². The van der Waals surface area contributed by atoms with Crippen molar-refractivity contribution >= 4 is 5.91 Å². The minimum Gasteiger partial charge on any atom is -0.379 e. The van der Waals surface area contributed by atoms with Gasteiger partial charge in [0.15, 0.2) is 0 Å². The van der Waals surface area contributed by atoms with E-state index in [1.54, 1.807) is 0 Å². The monoisotopic (exact) mass is 394 g/mol. The lowest BCUT2D eigenvalue weighted by molar-refractivity contribution is -0.121. The van der Waals surface area contributed by atoms with E-state index < -0.39 is 0 Å². The van der Waals surface area contributed by atoms with Crippen LogP contribution < -0.4 is 5.32 Å². The predicted octanol–water partition coefficient (Wildman–Crippen LogP) is 5.47. The van der Waals surface area contributed by atoms with Crippen molar-refractivity contribution in [3.8, 4) is 0 Å². The van der Waals surface area contributed by atoms with Crippen molar-refractivity contribution in [2.75, 3.05) is 39.4 Å². The fourth-order valence-electron chi connectivity index (χ4n) is 3.62. The van der Waals surface area contributed by atoms with Crippen LogP contribution in [-0.4, -0.2) is 50.2 Å². The molecule has 0 bridgehead atoms. The van der Waals surface area contributed by atoms with Gasteiger partial charge in [0.25, 0.3) is 0 Å². The van der Waals surface area contributed by atoms with Gasteiger partial charge in [-0.3, -0.25) is 9.69 Å². The van der Waals surface area contributed by atoms with Gasteiger partial charge in [0, 0.05) is 32.6 Å². The first-order valence-electron chi connectivity index (χ1n) is 12.0. The van der Waals surface area contributed by atoms with Gasteiger partial charge in [-0.25, -0.2) is 0 Å². The Hall–Kier alpha value is -0.870. The number of hydrogen-bond acceptors (Lipinski definition) is 3. The first kappa shape index (κ1) is 25.2. The molecule has 0 saturated carbocycles. The number of nitrogens with zero attached hydrogens (tertiary/aromatic N) is 1. The molecular formula is C24H46N2O2. The molecule has 0 radical (unpaired) electrons. The van der Waals surface area contributed by atoms with Crippen LogP contribution in [-0.2, 0) is 9.53 Å². The number of nitrogens with one attached hydrogen (secondary N) is 1. The van der Waals surface area contributed by atoms with Crippen LogP contribution in [0.5, 0.6) is 0 Å². The first-order chi connectivity index (χ1) is 13.8. The highest BCUT2D eigenvalue weighted by Crippen LogP contribution is 2.10. The lowest BCUT2D eigenvalue weighted by Gasteiger charge is -2.26. The molecule has 0 atom stereocenters. The van der Waals surface area contributed by atoms with Crippen LogP contribution in [0.3, 0.4) is 0 Å². The predicted molar refractivity (Wildman–Crippen MR) is 120 cm³/mol. The summed E-state index contributed by atoms with van der Waals surface area (Å²) in [5.41, 5.74) is 0. The van der Waals surface area contributed by atoms with Crippen molar-refractivity contribution in [1.82, 2.24) is 10.2 Å². The summed E-state index contributed by atoms with van der Waals surface area (Å²) in [7, 11) is 0. The van der Waals surface area contributed by atoms with E-state index in [4.69, 9.17) is 4.74 Å². The summed E-state index contributed by atoms with van der Waals surface area (Å²) in [5, 5.41) is 3.05. The van der Waals surface area contributed by atoms with Gasteiger partial charge in [0.05, 0.1) is 13.2 Å². The van der Waals surface area contributed by atoms with E-state index in [0.717, 1.165) is 45.8 Å². The highest BCUT2D eigenvalue weighted by Gasteiger charge is 2.09. The third kappa shape index (κ3) is 16.1. The molecule has 0 spiro atoms. The maximum absolute atomic E-state index is 11.9. The van der Waals surface area contributed by atoms with Gasteiger partial charge in [0.1, 0.15) is 0 Å². The third-order valence-electron chi connectivity index (χ3n) is 5.52. The summed E-state index contributed by atoms with van der Waals surface area (Å²) < 4.78 is 5.33. The summed E-state index contributed by atoms with van der Waals surface area (Å²) >= 11 is 0. The molecule has 4 heteroatoms. The Bertz CT molecular complexity index is 379. The molecule has 4 nitrogen and oxygen atoms in total. The average molecular weight is 395 g/mol. The van der Waals surface area contributed by atoms with Crippen molar-refractivity contribution in [2.45, 2.75) is 96.8 Å². The summed E-state index contributed by atoms with van der Waals surface area (Å²) in [6.07, 6.45) is 22.3. The molecule has 0 unspecified atom stereocenters. The Morgan fingerprint density at radius 2 is 1.43 bits per heavy atom. The van der Waals surface area contributed by atoms with Crippen LogP contribution in [0.2, 0.25) is 0 Å². The van der Waals surface area contributed by atoms with Gasteiger partial charge < -0.3 is 10.1 Å². The van der Waals surface area contributed by atoms with Gasteiger partial charge in [-0.05, 0) is 32.1 Å². The molecule has 0 aliphatic carbocycles. The Labute approximate surface area is 174 Å². The van der Waals surface area contributed by atoms with E-state index in [0.29, 0.717) is 6.42 Å². The molecular weight excluding hydrogens is 348 g/mol. The fourth-order valence-corrected chi connectivity index (χ4v) is 3.62. The Kier molecular flexibility index (Phi) is 17.5. The summed E-state index contributed by atoms with van der Waals surface area (Å²) in [6, 6.07) is 0. The van der Waals surface area contributed by atoms with Crippen molar-refractivity contribution in [2.24, 2.45) is 0 Å². The van der Waals surface area contributed by atoms with Crippen LogP contribution in [0.15, 0.2) is 12.2 Å². The van der Waals surface area contributed by atoms with Crippen LogP contribution in [0.1, 0.15) is 96.8 Å². The maximum atomic E-state index is 11.9. The highest BCUT2D eigenvalue weighted by atomic mass is 16.5. The topological polar surface area (TPSA) is 41.6 Å². The van der Waals surface area contributed by atoms with Crippen molar-refractivity contribution in [3.63, 3.8) is 0 Å². The molecule has 28 heavy (non-hydrogen) atoms. The van der Waals surface area contributed by atoms with Gasteiger partial charge in [-0.1, -0.05) is 70.4 Å². The zero-order valence-electron chi connectivity index (χ0n) is 18.6. The van der Waals surface area contributed by atoms with Gasteiger partial charge in [-0.2, -0.15) is 0 Å². The van der Waals surface area contributed by atoms with E-state index in [9.17, 15) is 4.79 Å². The molecule has 1 rings (SSSR count). The molecule has 1 heterocycles. The second kappa shape index (κ2) is 19.4. The number of allylic oxidation sites excluding steroid dienone is 2. The first-order valence-corrected chi connectivity index (χ1v) is 12.0. The standard InChI is InChI=1S/C24H46N2O2/c1-2-3-4-5-6-7-8-9-10-11-12-13-14-15-16-17-24(27)25-18-19-26-20-22-28-23-21-26/h9-10H,2-8,11-23H2,1H3,(H,25,27)/b10-9-. The van der Waals surface area contributed by atoms with Crippen molar-refractivity contribution < 1.29 is 9.53 Å². The second-order valence-electron chi connectivity index (χ2n) is 8.14. The number of morpholine rings is 1. The number of ether oxygens (including phenoxy) is 1.